The Morgan fingerprint density at radius 1 is 1.32 bits per heavy atom. The molecule has 1 saturated heterocycles. The molecule has 1 heterocycles. The molecule has 19 heavy (non-hydrogen) atoms. The predicted octanol–water partition coefficient (Wildman–Crippen LogP) is 0.524. The summed E-state index contributed by atoms with van der Waals surface area (Å²) < 4.78 is 22.0. The fourth-order valence-electron chi connectivity index (χ4n) is 2.29. The second-order valence-corrected chi connectivity index (χ2v) is 7.42. The summed E-state index contributed by atoms with van der Waals surface area (Å²) in [7, 11) is -3.12. The minimum absolute atomic E-state index is 0.0183. The van der Waals surface area contributed by atoms with Crippen LogP contribution in [0.4, 0.5) is 0 Å². The van der Waals surface area contributed by atoms with E-state index in [1.807, 2.05) is 0 Å². The number of carboxylic acid groups (broad SMARTS) is 1. The molecule has 1 unspecified atom stereocenters. The number of piperidine rings is 1. The van der Waals surface area contributed by atoms with Crippen LogP contribution in [0.25, 0.3) is 0 Å². The van der Waals surface area contributed by atoms with Crippen molar-refractivity contribution in [1.29, 1.82) is 0 Å². The van der Waals surface area contributed by atoms with Crippen LogP contribution in [-0.4, -0.2) is 55.4 Å². The van der Waals surface area contributed by atoms with E-state index in [-0.39, 0.29) is 30.4 Å². The van der Waals surface area contributed by atoms with Gasteiger partial charge in [0.2, 0.25) is 5.91 Å². The lowest BCUT2D eigenvalue weighted by Crippen LogP contribution is -2.40. The van der Waals surface area contributed by atoms with Gasteiger partial charge in [-0.1, -0.05) is 0 Å². The van der Waals surface area contributed by atoms with Gasteiger partial charge >= 0.3 is 5.97 Å². The molecule has 110 valence electrons. The minimum atomic E-state index is -3.12. The first kappa shape index (κ1) is 15.9. The first-order chi connectivity index (χ1) is 8.78. The highest BCUT2D eigenvalue weighted by atomic mass is 32.2. The van der Waals surface area contributed by atoms with E-state index in [0.29, 0.717) is 19.5 Å². The number of carboxylic acids is 1. The van der Waals surface area contributed by atoms with Crippen molar-refractivity contribution in [3.05, 3.63) is 0 Å². The van der Waals surface area contributed by atoms with Crippen LogP contribution in [0.1, 0.15) is 32.1 Å². The van der Waals surface area contributed by atoms with E-state index >= 15 is 0 Å². The van der Waals surface area contributed by atoms with Gasteiger partial charge in [-0.15, -0.1) is 0 Å². The first-order valence-corrected chi connectivity index (χ1v) is 8.51. The average Bonchev–Trinajstić information content (AvgIpc) is 2.33. The SMILES string of the molecule is CS(=O)(=O)CCC(=O)N1CCCC(CCC(=O)O)C1. The number of likely N-dealkylation sites (tertiary alicyclic amines) is 1. The minimum Gasteiger partial charge on any atom is -0.481 e. The number of sulfone groups is 1. The standard InChI is InChI=1S/C12H21NO5S/c1-19(17,18)8-6-11(14)13-7-2-3-10(9-13)4-5-12(15)16/h10H,2-9H2,1H3,(H,15,16). The van der Waals surface area contributed by atoms with E-state index in [1.54, 1.807) is 4.90 Å². The van der Waals surface area contributed by atoms with Crippen molar-refractivity contribution >= 4 is 21.7 Å². The fourth-order valence-corrected chi connectivity index (χ4v) is 2.83. The van der Waals surface area contributed by atoms with Gasteiger partial charge in [-0.2, -0.15) is 0 Å². The van der Waals surface area contributed by atoms with Crippen molar-refractivity contribution in [2.75, 3.05) is 25.1 Å². The van der Waals surface area contributed by atoms with Gasteiger partial charge in [0.05, 0.1) is 5.75 Å². The largest absolute Gasteiger partial charge is 0.481 e. The summed E-state index contributed by atoms with van der Waals surface area (Å²) in [6.07, 6.45) is 3.62. The maximum Gasteiger partial charge on any atom is 0.303 e. The summed E-state index contributed by atoms with van der Waals surface area (Å²) in [6, 6.07) is 0. The van der Waals surface area contributed by atoms with Crippen LogP contribution in [-0.2, 0) is 19.4 Å². The highest BCUT2D eigenvalue weighted by molar-refractivity contribution is 7.90. The lowest BCUT2D eigenvalue weighted by molar-refractivity contribution is -0.137. The number of hydrogen-bond donors (Lipinski definition) is 1. The van der Waals surface area contributed by atoms with Crippen molar-refractivity contribution in [3.8, 4) is 0 Å². The van der Waals surface area contributed by atoms with E-state index in [1.165, 1.54) is 0 Å². The summed E-state index contributed by atoms with van der Waals surface area (Å²) in [4.78, 5) is 24.1. The number of amides is 1. The molecule has 1 atom stereocenters. The quantitative estimate of drug-likeness (QED) is 0.770. The molecule has 1 amide bonds. The Bertz CT molecular complexity index is 431. The lowest BCUT2D eigenvalue weighted by atomic mass is 9.93. The van der Waals surface area contributed by atoms with Gasteiger partial charge in [-0.25, -0.2) is 8.42 Å². The second-order valence-electron chi connectivity index (χ2n) is 5.16. The summed E-state index contributed by atoms with van der Waals surface area (Å²) in [6.45, 7) is 1.20. The zero-order valence-electron chi connectivity index (χ0n) is 11.2. The van der Waals surface area contributed by atoms with E-state index in [9.17, 15) is 18.0 Å². The summed E-state index contributed by atoms with van der Waals surface area (Å²) in [5, 5.41) is 8.65. The average molecular weight is 291 g/mol. The Hall–Kier alpha value is -1.11. The van der Waals surface area contributed by atoms with Crippen LogP contribution < -0.4 is 0 Å². The van der Waals surface area contributed by atoms with Gasteiger partial charge < -0.3 is 10.0 Å². The Balaban J connectivity index is 2.41. The summed E-state index contributed by atoms with van der Waals surface area (Å²) in [5.74, 6) is -0.875. The van der Waals surface area contributed by atoms with Crippen LogP contribution in [0.15, 0.2) is 0 Å². The molecule has 0 aromatic heterocycles. The molecule has 0 saturated carbocycles. The molecule has 1 N–H and O–H groups in total. The molecular weight excluding hydrogens is 270 g/mol. The van der Waals surface area contributed by atoms with Crippen molar-refractivity contribution in [2.45, 2.75) is 32.1 Å². The van der Waals surface area contributed by atoms with Crippen LogP contribution >= 0.6 is 0 Å². The molecule has 0 aliphatic carbocycles. The molecule has 1 fully saturated rings. The molecule has 0 aromatic rings. The van der Waals surface area contributed by atoms with Gasteiger partial charge in [0.25, 0.3) is 0 Å². The maximum absolute atomic E-state index is 11.9. The normalized spacial score (nSPS) is 20.3. The fraction of sp³-hybridized carbons (Fsp3) is 0.833. The van der Waals surface area contributed by atoms with Crippen LogP contribution in [0, 0.1) is 5.92 Å². The molecule has 0 spiro atoms. The van der Waals surface area contributed by atoms with Gasteiger partial charge in [0.1, 0.15) is 9.84 Å². The van der Waals surface area contributed by atoms with E-state index < -0.39 is 15.8 Å². The molecule has 7 heteroatoms. The summed E-state index contributed by atoms with van der Waals surface area (Å²) >= 11 is 0. The van der Waals surface area contributed by atoms with E-state index in [0.717, 1.165) is 19.1 Å². The smallest absolute Gasteiger partial charge is 0.303 e. The van der Waals surface area contributed by atoms with Crippen LogP contribution in [0.5, 0.6) is 0 Å². The predicted molar refractivity (Wildman–Crippen MR) is 70.5 cm³/mol. The van der Waals surface area contributed by atoms with Crippen LogP contribution in [0.2, 0.25) is 0 Å². The van der Waals surface area contributed by atoms with Gasteiger partial charge in [0.15, 0.2) is 0 Å². The number of rotatable bonds is 6. The Labute approximate surface area is 113 Å². The molecule has 6 nitrogen and oxygen atoms in total. The lowest BCUT2D eigenvalue weighted by Gasteiger charge is -2.32. The Morgan fingerprint density at radius 3 is 2.58 bits per heavy atom. The highest BCUT2D eigenvalue weighted by Gasteiger charge is 2.24. The maximum atomic E-state index is 11.9. The molecule has 1 aliphatic heterocycles. The molecule has 1 aliphatic rings. The zero-order chi connectivity index (χ0) is 14.5. The Kier molecular flexibility index (Phi) is 5.78. The molecule has 0 radical (unpaired) electrons. The molecule has 0 bridgehead atoms. The van der Waals surface area contributed by atoms with Gasteiger partial charge in [0, 0.05) is 32.2 Å². The van der Waals surface area contributed by atoms with E-state index in [4.69, 9.17) is 5.11 Å². The van der Waals surface area contributed by atoms with Crippen molar-refractivity contribution in [3.63, 3.8) is 0 Å². The first-order valence-electron chi connectivity index (χ1n) is 6.45. The van der Waals surface area contributed by atoms with Gasteiger partial charge in [-0.05, 0) is 25.2 Å². The van der Waals surface area contributed by atoms with E-state index in [2.05, 4.69) is 0 Å². The number of hydrogen-bond acceptors (Lipinski definition) is 4. The Morgan fingerprint density at radius 2 is 2.00 bits per heavy atom. The summed E-state index contributed by atoms with van der Waals surface area (Å²) in [5.41, 5.74) is 0. The van der Waals surface area contributed by atoms with Crippen LogP contribution in [0.3, 0.4) is 0 Å². The topological polar surface area (TPSA) is 91.8 Å². The van der Waals surface area contributed by atoms with Gasteiger partial charge in [-0.3, -0.25) is 9.59 Å². The zero-order valence-corrected chi connectivity index (χ0v) is 12.0. The van der Waals surface area contributed by atoms with Crippen molar-refractivity contribution in [1.82, 2.24) is 4.90 Å². The third-order valence-corrected chi connectivity index (χ3v) is 4.27. The molecular formula is C12H21NO5S. The number of aliphatic carboxylic acids is 1. The number of carbonyl (C=O) groups excluding carboxylic acids is 1. The third-order valence-electron chi connectivity index (χ3n) is 3.32. The molecule has 1 rings (SSSR count). The monoisotopic (exact) mass is 291 g/mol. The van der Waals surface area contributed by atoms with Crippen molar-refractivity contribution < 1.29 is 23.1 Å². The number of nitrogens with zero attached hydrogens (tertiary/aromatic N) is 1. The number of carbonyl (C=O) groups is 2. The highest BCUT2D eigenvalue weighted by Crippen LogP contribution is 2.21. The molecule has 0 aromatic carbocycles. The third kappa shape index (κ3) is 6.56. The second kappa shape index (κ2) is 6.88. The van der Waals surface area contributed by atoms with Crippen molar-refractivity contribution in [2.24, 2.45) is 5.92 Å².